The summed E-state index contributed by atoms with van der Waals surface area (Å²) in [5, 5.41) is 3.75. The van der Waals surface area contributed by atoms with Crippen LogP contribution >= 0.6 is 11.6 Å². The van der Waals surface area contributed by atoms with Crippen molar-refractivity contribution in [2.45, 2.75) is 65.1 Å². The van der Waals surface area contributed by atoms with Crippen molar-refractivity contribution in [1.29, 1.82) is 0 Å². The molecule has 0 spiro atoms. The molecule has 35 heavy (non-hydrogen) atoms. The Morgan fingerprint density at radius 1 is 0.886 bits per heavy atom. The summed E-state index contributed by atoms with van der Waals surface area (Å²) in [6, 6.07) is 25.0. The van der Waals surface area contributed by atoms with Crippen LogP contribution in [0.15, 0.2) is 78.9 Å². The molecule has 5 heteroatoms. The Bertz CT molecular complexity index is 1080. The molecule has 0 heterocycles. The number of halogens is 1. The summed E-state index contributed by atoms with van der Waals surface area (Å²) >= 11 is 6.09. The Hall–Kier alpha value is -3.11. The number of hydrogen-bond acceptors (Lipinski definition) is 2. The molecule has 4 nitrogen and oxygen atoms in total. The van der Waals surface area contributed by atoms with Gasteiger partial charge < -0.3 is 10.2 Å². The lowest BCUT2D eigenvalue weighted by atomic mass is 10.0. The van der Waals surface area contributed by atoms with Crippen molar-refractivity contribution in [2.24, 2.45) is 0 Å². The molecule has 3 aromatic carbocycles. The van der Waals surface area contributed by atoms with Gasteiger partial charge in [0, 0.05) is 30.5 Å². The van der Waals surface area contributed by atoms with E-state index in [0.717, 1.165) is 23.1 Å². The summed E-state index contributed by atoms with van der Waals surface area (Å²) in [6.07, 6.45) is 2.23. The molecule has 0 aliphatic carbocycles. The summed E-state index contributed by atoms with van der Waals surface area (Å²) in [6.45, 7) is 6.41. The maximum Gasteiger partial charge on any atom is 0.243 e. The minimum Gasteiger partial charge on any atom is -0.352 e. The van der Waals surface area contributed by atoms with Gasteiger partial charge in [-0.2, -0.15) is 0 Å². The predicted octanol–water partition coefficient (Wildman–Crippen LogP) is 6.14. The molecule has 0 aliphatic rings. The average Bonchev–Trinajstić information content (AvgIpc) is 2.87. The Morgan fingerprint density at radius 3 is 2.14 bits per heavy atom. The topological polar surface area (TPSA) is 49.4 Å². The fourth-order valence-corrected chi connectivity index (χ4v) is 4.06. The van der Waals surface area contributed by atoms with Crippen LogP contribution in [0.1, 0.15) is 48.9 Å². The third-order valence-corrected chi connectivity index (χ3v) is 6.54. The van der Waals surface area contributed by atoms with Gasteiger partial charge in [0.15, 0.2) is 0 Å². The highest BCUT2D eigenvalue weighted by Crippen LogP contribution is 2.19. The minimum atomic E-state index is -0.618. The van der Waals surface area contributed by atoms with Gasteiger partial charge in [-0.05, 0) is 55.5 Å². The second kappa shape index (κ2) is 13.1. The molecule has 2 atom stereocenters. The molecule has 2 amide bonds. The molecule has 0 saturated heterocycles. The number of nitrogens with one attached hydrogen (secondary N) is 1. The van der Waals surface area contributed by atoms with E-state index in [1.165, 1.54) is 5.56 Å². The standard InChI is InChI=1S/C30H35ClN2O2/c1-4-23(3)32-30(35)28(20-25-8-6-5-7-9-25)33(21-26-14-17-27(31)18-15-26)29(34)19-16-24-12-10-22(2)11-13-24/h5-15,17-18,23,28H,4,16,19-21H2,1-3H3,(H,32,35). The van der Waals surface area contributed by atoms with Crippen LogP contribution in [0.4, 0.5) is 0 Å². The maximum absolute atomic E-state index is 13.7. The van der Waals surface area contributed by atoms with E-state index >= 15 is 0 Å². The van der Waals surface area contributed by atoms with Crippen LogP contribution < -0.4 is 5.32 Å². The number of aryl methyl sites for hydroxylation is 2. The van der Waals surface area contributed by atoms with Crippen LogP contribution in [0.3, 0.4) is 0 Å². The van der Waals surface area contributed by atoms with Crippen molar-refractivity contribution in [2.75, 3.05) is 0 Å². The maximum atomic E-state index is 13.7. The lowest BCUT2D eigenvalue weighted by Crippen LogP contribution is -2.52. The molecule has 0 aromatic heterocycles. The summed E-state index contributed by atoms with van der Waals surface area (Å²) in [4.78, 5) is 28.9. The van der Waals surface area contributed by atoms with Crippen LogP contribution in [-0.4, -0.2) is 28.8 Å². The van der Waals surface area contributed by atoms with Gasteiger partial charge in [0.05, 0.1) is 0 Å². The molecule has 1 N–H and O–H groups in total. The van der Waals surface area contributed by atoms with Gasteiger partial charge in [-0.25, -0.2) is 0 Å². The lowest BCUT2D eigenvalue weighted by Gasteiger charge is -2.32. The molecule has 184 valence electrons. The highest BCUT2D eigenvalue weighted by Gasteiger charge is 2.30. The van der Waals surface area contributed by atoms with Crippen LogP contribution in [-0.2, 0) is 29.0 Å². The van der Waals surface area contributed by atoms with Crippen molar-refractivity contribution < 1.29 is 9.59 Å². The van der Waals surface area contributed by atoms with Crippen LogP contribution in [0.5, 0.6) is 0 Å². The molecular weight excluding hydrogens is 456 g/mol. The molecule has 0 fully saturated rings. The molecular formula is C30H35ClN2O2. The van der Waals surface area contributed by atoms with E-state index in [0.29, 0.717) is 30.8 Å². The van der Waals surface area contributed by atoms with Crippen molar-refractivity contribution in [1.82, 2.24) is 10.2 Å². The van der Waals surface area contributed by atoms with Gasteiger partial charge in [-0.1, -0.05) is 90.8 Å². The summed E-state index contributed by atoms with van der Waals surface area (Å²) in [7, 11) is 0. The monoisotopic (exact) mass is 490 g/mol. The predicted molar refractivity (Wildman–Crippen MR) is 143 cm³/mol. The molecule has 0 aliphatic heterocycles. The van der Waals surface area contributed by atoms with E-state index in [1.807, 2.05) is 75.4 Å². The highest BCUT2D eigenvalue weighted by atomic mass is 35.5. The third-order valence-electron chi connectivity index (χ3n) is 6.29. The number of nitrogens with zero attached hydrogens (tertiary/aromatic N) is 1. The Labute approximate surface area is 214 Å². The number of hydrogen-bond donors (Lipinski definition) is 1. The largest absolute Gasteiger partial charge is 0.352 e. The fourth-order valence-electron chi connectivity index (χ4n) is 3.93. The van der Waals surface area contributed by atoms with Crippen LogP contribution in [0, 0.1) is 6.92 Å². The summed E-state index contributed by atoms with van der Waals surface area (Å²) in [5.41, 5.74) is 4.25. The Kier molecular flexibility index (Phi) is 9.92. The minimum absolute atomic E-state index is 0.0285. The van der Waals surface area contributed by atoms with E-state index in [4.69, 9.17) is 11.6 Å². The first-order valence-corrected chi connectivity index (χ1v) is 12.7. The average molecular weight is 491 g/mol. The van der Waals surface area contributed by atoms with Gasteiger partial charge in [0.1, 0.15) is 6.04 Å². The summed E-state index contributed by atoms with van der Waals surface area (Å²) < 4.78 is 0. The normalized spacial score (nSPS) is 12.6. The second-order valence-corrected chi connectivity index (χ2v) is 9.59. The molecule has 0 saturated carbocycles. The van der Waals surface area contributed by atoms with Crippen molar-refractivity contribution in [3.8, 4) is 0 Å². The van der Waals surface area contributed by atoms with E-state index in [-0.39, 0.29) is 17.9 Å². The molecule has 3 rings (SSSR count). The van der Waals surface area contributed by atoms with Crippen LogP contribution in [0.25, 0.3) is 0 Å². The SMILES string of the molecule is CCC(C)NC(=O)C(Cc1ccccc1)N(Cc1ccc(Cl)cc1)C(=O)CCc1ccc(C)cc1. The second-order valence-electron chi connectivity index (χ2n) is 9.16. The zero-order valence-corrected chi connectivity index (χ0v) is 21.6. The zero-order valence-electron chi connectivity index (χ0n) is 20.8. The Balaban J connectivity index is 1.89. The number of amides is 2. The van der Waals surface area contributed by atoms with E-state index in [9.17, 15) is 9.59 Å². The van der Waals surface area contributed by atoms with Crippen LogP contribution in [0.2, 0.25) is 5.02 Å². The number of benzene rings is 3. The van der Waals surface area contributed by atoms with E-state index < -0.39 is 6.04 Å². The van der Waals surface area contributed by atoms with E-state index in [1.54, 1.807) is 4.90 Å². The van der Waals surface area contributed by atoms with Crippen molar-refractivity contribution in [3.05, 3.63) is 106 Å². The smallest absolute Gasteiger partial charge is 0.243 e. The van der Waals surface area contributed by atoms with Gasteiger partial charge in [-0.3, -0.25) is 9.59 Å². The first-order valence-electron chi connectivity index (χ1n) is 12.3. The molecule has 2 unspecified atom stereocenters. The zero-order chi connectivity index (χ0) is 25.2. The quantitative estimate of drug-likeness (QED) is 0.351. The van der Waals surface area contributed by atoms with Gasteiger partial charge >= 0.3 is 0 Å². The lowest BCUT2D eigenvalue weighted by molar-refractivity contribution is -0.141. The van der Waals surface area contributed by atoms with Gasteiger partial charge in [-0.15, -0.1) is 0 Å². The third kappa shape index (κ3) is 8.25. The number of rotatable bonds is 11. The molecule has 0 bridgehead atoms. The van der Waals surface area contributed by atoms with Gasteiger partial charge in [0.2, 0.25) is 11.8 Å². The summed E-state index contributed by atoms with van der Waals surface area (Å²) in [5.74, 6) is -0.165. The molecule has 3 aromatic rings. The van der Waals surface area contributed by atoms with Gasteiger partial charge in [0.25, 0.3) is 0 Å². The highest BCUT2D eigenvalue weighted by molar-refractivity contribution is 6.30. The first-order chi connectivity index (χ1) is 16.9. The van der Waals surface area contributed by atoms with Crippen molar-refractivity contribution in [3.63, 3.8) is 0 Å². The Morgan fingerprint density at radius 2 is 1.51 bits per heavy atom. The van der Waals surface area contributed by atoms with E-state index in [2.05, 4.69) is 29.6 Å². The van der Waals surface area contributed by atoms with Crippen molar-refractivity contribution >= 4 is 23.4 Å². The molecule has 0 radical (unpaired) electrons. The first kappa shape index (κ1) is 26.5. The number of carbonyl (C=O) groups excluding carboxylic acids is 2. The number of carbonyl (C=O) groups is 2. The fraction of sp³-hybridized carbons (Fsp3) is 0.333.